The highest BCUT2D eigenvalue weighted by molar-refractivity contribution is 7.97. The van der Waals surface area contributed by atoms with Crippen LogP contribution in [0.3, 0.4) is 0 Å². The lowest BCUT2D eigenvalue weighted by Gasteiger charge is -2.34. The molecule has 2 aliphatic rings. The van der Waals surface area contributed by atoms with Crippen molar-refractivity contribution >= 4 is 23.6 Å². The molecule has 3 heterocycles. The third-order valence-corrected chi connectivity index (χ3v) is 6.07. The van der Waals surface area contributed by atoms with Gasteiger partial charge in [-0.3, -0.25) is 5.41 Å². The number of fused-ring (bicyclic) bond motifs is 4. The van der Waals surface area contributed by atoms with Crippen LogP contribution in [0.2, 0.25) is 0 Å². The molecule has 1 fully saturated rings. The van der Waals surface area contributed by atoms with Crippen molar-refractivity contribution in [1.29, 1.82) is 5.41 Å². The van der Waals surface area contributed by atoms with Gasteiger partial charge in [0.25, 0.3) is 0 Å². The van der Waals surface area contributed by atoms with E-state index in [4.69, 9.17) is 5.41 Å². The molecule has 4 bridgehead atoms. The predicted molar refractivity (Wildman–Crippen MR) is 110 cm³/mol. The van der Waals surface area contributed by atoms with E-state index >= 15 is 0 Å². The Hall–Kier alpha value is -1.95. The monoisotopic (exact) mass is 371 g/mol. The largest absolute Gasteiger partial charge is 0.368 e. The Morgan fingerprint density at radius 3 is 2.85 bits per heavy atom. The molecule has 2 atom stereocenters. The molecule has 1 saturated heterocycles. The quantitative estimate of drug-likeness (QED) is 0.589. The molecule has 0 aliphatic carbocycles. The maximum atomic E-state index is 8.67. The second kappa shape index (κ2) is 7.35. The molecule has 5 nitrogen and oxygen atoms in total. The van der Waals surface area contributed by atoms with Crippen molar-refractivity contribution in [1.82, 2.24) is 14.6 Å². The summed E-state index contributed by atoms with van der Waals surface area (Å²) >= 11 is 1.40. The summed E-state index contributed by atoms with van der Waals surface area (Å²) in [5.41, 5.74) is 1.27. The van der Waals surface area contributed by atoms with Crippen LogP contribution in [0.4, 0.5) is 5.82 Å². The normalized spacial score (nSPS) is 26.6. The second-order valence-corrected chi connectivity index (χ2v) is 8.81. The van der Waals surface area contributed by atoms with Gasteiger partial charge >= 0.3 is 0 Å². The standard InChI is InChI=1S/C20H29N5S/c1-13-9-10-16-11-20(4,5)25(12-16)19(21)14(2)15(3)24-26-18-8-6-7-17(22-13)23-18/h6-8,13,16,21,24H,2-3,9-12H2,1,4-5H3,(H,22,23). The predicted octanol–water partition coefficient (Wildman–Crippen LogP) is 4.42. The number of nitrogens with zero attached hydrogens (tertiary/aromatic N) is 2. The molecule has 2 unspecified atom stereocenters. The van der Waals surface area contributed by atoms with Crippen molar-refractivity contribution in [3.05, 3.63) is 42.6 Å². The lowest BCUT2D eigenvalue weighted by atomic mass is 9.92. The van der Waals surface area contributed by atoms with Crippen molar-refractivity contribution in [3.8, 4) is 0 Å². The van der Waals surface area contributed by atoms with Gasteiger partial charge in [-0.1, -0.05) is 19.2 Å². The molecule has 2 aliphatic heterocycles. The number of anilines is 1. The summed E-state index contributed by atoms with van der Waals surface area (Å²) in [5, 5.41) is 13.0. The molecule has 0 aromatic carbocycles. The fraction of sp³-hybridized carbons (Fsp3) is 0.500. The Bertz CT molecular complexity index is 727. The number of pyridine rings is 1. The third kappa shape index (κ3) is 4.06. The minimum Gasteiger partial charge on any atom is -0.368 e. The first kappa shape index (κ1) is 18.8. The van der Waals surface area contributed by atoms with E-state index in [0.717, 1.165) is 36.7 Å². The summed E-state index contributed by atoms with van der Waals surface area (Å²) in [6, 6.07) is 6.33. The van der Waals surface area contributed by atoms with Crippen molar-refractivity contribution in [2.24, 2.45) is 5.92 Å². The maximum Gasteiger partial charge on any atom is 0.130 e. The van der Waals surface area contributed by atoms with E-state index in [1.165, 1.54) is 11.9 Å². The van der Waals surface area contributed by atoms with Gasteiger partial charge in [0.15, 0.2) is 0 Å². The number of hydrogen-bond donors (Lipinski definition) is 3. The van der Waals surface area contributed by atoms with E-state index in [1.807, 2.05) is 18.2 Å². The molecule has 3 rings (SSSR count). The fourth-order valence-electron chi connectivity index (χ4n) is 3.82. The molecule has 1 aromatic heterocycles. The van der Waals surface area contributed by atoms with Crippen molar-refractivity contribution in [2.45, 2.75) is 56.6 Å². The highest BCUT2D eigenvalue weighted by Gasteiger charge is 2.40. The van der Waals surface area contributed by atoms with Crippen molar-refractivity contribution < 1.29 is 0 Å². The molecular formula is C20H29N5S. The van der Waals surface area contributed by atoms with E-state index < -0.39 is 0 Å². The number of aromatic nitrogens is 1. The van der Waals surface area contributed by atoms with Gasteiger partial charge in [0.05, 0.1) is 0 Å². The van der Waals surface area contributed by atoms with Crippen LogP contribution >= 0.6 is 11.9 Å². The van der Waals surface area contributed by atoms with Crippen LogP contribution in [0.25, 0.3) is 0 Å². The molecule has 26 heavy (non-hydrogen) atoms. The summed E-state index contributed by atoms with van der Waals surface area (Å²) < 4.78 is 3.20. The third-order valence-electron chi connectivity index (χ3n) is 5.28. The summed E-state index contributed by atoms with van der Waals surface area (Å²) in [6.45, 7) is 15.7. The SMILES string of the molecule is C=C1NSc2cccc(n2)NC(C)CCC2CN(C(=N)C1=C)C(C)(C)C2. The molecule has 3 N–H and O–H groups in total. The zero-order valence-corrected chi connectivity index (χ0v) is 16.7. The van der Waals surface area contributed by atoms with Crippen LogP contribution in [-0.2, 0) is 0 Å². The summed E-state index contributed by atoms with van der Waals surface area (Å²) in [4.78, 5) is 6.83. The van der Waals surface area contributed by atoms with Crippen LogP contribution in [0.5, 0.6) is 0 Å². The Balaban J connectivity index is 1.86. The van der Waals surface area contributed by atoms with E-state index in [9.17, 15) is 0 Å². The van der Waals surface area contributed by atoms with Crippen LogP contribution < -0.4 is 10.0 Å². The zero-order chi connectivity index (χ0) is 18.9. The Morgan fingerprint density at radius 2 is 2.08 bits per heavy atom. The molecular weight excluding hydrogens is 342 g/mol. The van der Waals surface area contributed by atoms with Gasteiger partial charge in [0.1, 0.15) is 16.7 Å². The maximum absolute atomic E-state index is 8.67. The van der Waals surface area contributed by atoms with Gasteiger partial charge < -0.3 is 14.9 Å². The summed E-state index contributed by atoms with van der Waals surface area (Å²) in [6.07, 6.45) is 3.33. The average molecular weight is 372 g/mol. The lowest BCUT2D eigenvalue weighted by Crippen LogP contribution is -2.43. The van der Waals surface area contributed by atoms with E-state index in [0.29, 0.717) is 29.1 Å². The molecule has 0 radical (unpaired) electrons. The molecule has 6 heteroatoms. The smallest absolute Gasteiger partial charge is 0.130 e. The fourth-order valence-corrected chi connectivity index (χ4v) is 4.46. The van der Waals surface area contributed by atoms with Gasteiger partial charge in [0, 0.05) is 41.3 Å². The van der Waals surface area contributed by atoms with Crippen LogP contribution in [0.15, 0.2) is 47.7 Å². The van der Waals surface area contributed by atoms with Crippen molar-refractivity contribution in [3.63, 3.8) is 0 Å². The Morgan fingerprint density at radius 1 is 1.31 bits per heavy atom. The highest BCUT2D eigenvalue weighted by Crippen LogP contribution is 2.37. The summed E-state index contributed by atoms with van der Waals surface area (Å²) in [7, 11) is 0. The Labute approximate surface area is 161 Å². The molecule has 0 saturated carbocycles. The van der Waals surface area contributed by atoms with Crippen LogP contribution in [0.1, 0.15) is 40.0 Å². The zero-order valence-electron chi connectivity index (χ0n) is 15.9. The van der Waals surface area contributed by atoms with E-state index in [-0.39, 0.29) is 5.54 Å². The highest BCUT2D eigenvalue weighted by atomic mass is 32.2. The van der Waals surface area contributed by atoms with Gasteiger partial charge in [-0.05, 0) is 58.1 Å². The van der Waals surface area contributed by atoms with E-state index in [2.05, 4.69) is 53.9 Å². The first-order valence-corrected chi connectivity index (χ1v) is 9.99. The van der Waals surface area contributed by atoms with Crippen LogP contribution in [0, 0.1) is 11.3 Å². The number of rotatable bonds is 0. The minimum atomic E-state index is -0.0301. The van der Waals surface area contributed by atoms with Crippen LogP contribution in [-0.4, -0.2) is 33.8 Å². The molecule has 0 spiro atoms. The molecule has 140 valence electrons. The summed E-state index contributed by atoms with van der Waals surface area (Å²) in [5.74, 6) is 1.95. The van der Waals surface area contributed by atoms with Gasteiger partial charge in [-0.2, -0.15) is 0 Å². The molecule has 1 aromatic rings. The van der Waals surface area contributed by atoms with Gasteiger partial charge in [0.2, 0.25) is 0 Å². The number of amidine groups is 1. The molecule has 0 amide bonds. The topological polar surface area (TPSA) is 64.0 Å². The first-order valence-electron chi connectivity index (χ1n) is 9.17. The minimum absolute atomic E-state index is 0.0301. The number of hydrogen-bond acceptors (Lipinski definition) is 5. The van der Waals surface area contributed by atoms with Gasteiger partial charge in [-0.25, -0.2) is 4.98 Å². The van der Waals surface area contributed by atoms with Crippen molar-refractivity contribution in [2.75, 3.05) is 11.9 Å². The number of nitrogens with one attached hydrogen (secondary N) is 3. The average Bonchev–Trinajstić information content (AvgIpc) is 2.90. The van der Waals surface area contributed by atoms with Gasteiger partial charge in [-0.15, -0.1) is 0 Å². The Kier molecular flexibility index (Phi) is 5.32. The van der Waals surface area contributed by atoms with E-state index in [1.54, 1.807) is 0 Å². The first-order chi connectivity index (χ1) is 12.3. The lowest BCUT2D eigenvalue weighted by molar-refractivity contribution is 0.280. The second-order valence-electron chi connectivity index (χ2n) is 7.99.